The van der Waals surface area contributed by atoms with Crippen molar-refractivity contribution in [1.82, 2.24) is 9.78 Å². The van der Waals surface area contributed by atoms with Crippen LogP contribution in [0.4, 0.5) is 0 Å². The topological polar surface area (TPSA) is 69.6 Å². The van der Waals surface area contributed by atoms with E-state index in [0.717, 1.165) is 22.5 Å². The molecule has 0 N–H and O–H groups in total. The summed E-state index contributed by atoms with van der Waals surface area (Å²) in [6.45, 7) is 4.56. The molecule has 0 fully saturated rings. The molecular formula is C20H17N3O3. The molecule has 0 atom stereocenters. The minimum Gasteiger partial charge on any atom is -0.459 e. The van der Waals surface area contributed by atoms with Gasteiger partial charge in [0, 0.05) is 11.3 Å². The molecule has 6 nitrogen and oxygen atoms in total. The number of benzene rings is 1. The summed E-state index contributed by atoms with van der Waals surface area (Å²) in [6.07, 6.45) is 3.23. The summed E-state index contributed by atoms with van der Waals surface area (Å²) < 4.78 is 12.4. The van der Waals surface area contributed by atoms with Crippen LogP contribution in [0, 0.1) is 13.8 Å². The molecule has 1 aliphatic heterocycles. The number of cyclic esters (lactones) is 1. The number of aryl methyl sites for hydroxylation is 1. The first-order chi connectivity index (χ1) is 12.6. The van der Waals surface area contributed by atoms with E-state index in [1.807, 2.05) is 36.7 Å². The average Bonchev–Trinajstić information content (AvgIpc) is 3.34. The minimum atomic E-state index is -0.494. The second-order valence-electron chi connectivity index (χ2n) is 6.04. The standard InChI is InChI=1S/C20H17N3O3/c1-13-16(14(2)23(22-13)12-15-7-4-3-5-8-15)11-17-20(24)26-19(21-17)18-9-6-10-25-18/h3-11H,12H2,1-2H3. The number of furan rings is 1. The summed E-state index contributed by atoms with van der Waals surface area (Å²) in [5.41, 5.74) is 4.07. The van der Waals surface area contributed by atoms with Gasteiger partial charge < -0.3 is 9.15 Å². The Hall–Kier alpha value is -3.41. The fourth-order valence-electron chi connectivity index (χ4n) is 2.88. The summed E-state index contributed by atoms with van der Waals surface area (Å²) in [5, 5.41) is 4.59. The van der Waals surface area contributed by atoms with Gasteiger partial charge in [-0.05, 0) is 37.6 Å². The molecule has 0 saturated heterocycles. The Bertz CT molecular complexity index is 1010. The molecule has 0 amide bonds. The van der Waals surface area contributed by atoms with Gasteiger partial charge >= 0.3 is 5.97 Å². The van der Waals surface area contributed by atoms with Crippen molar-refractivity contribution in [3.05, 3.63) is 82.7 Å². The predicted molar refractivity (Wildman–Crippen MR) is 96.6 cm³/mol. The van der Waals surface area contributed by atoms with E-state index in [1.54, 1.807) is 18.2 Å². The third-order valence-corrected chi connectivity index (χ3v) is 4.25. The lowest BCUT2D eigenvalue weighted by molar-refractivity contribution is -0.130. The first-order valence-electron chi connectivity index (χ1n) is 8.26. The lowest BCUT2D eigenvalue weighted by Crippen LogP contribution is -2.04. The van der Waals surface area contributed by atoms with Gasteiger partial charge in [-0.25, -0.2) is 9.79 Å². The molecule has 26 heavy (non-hydrogen) atoms. The Morgan fingerprint density at radius 1 is 1.12 bits per heavy atom. The van der Waals surface area contributed by atoms with E-state index in [-0.39, 0.29) is 11.6 Å². The third-order valence-electron chi connectivity index (χ3n) is 4.25. The van der Waals surface area contributed by atoms with Crippen molar-refractivity contribution in [2.45, 2.75) is 20.4 Å². The number of hydrogen-bond donors (Lipinski definition) is 0. The molecule has 4 rings (SSSR count). The minimum absolute atomic E-state index is 0.179. The summed E-state index contributed by atoms with van der Waals surface area (Å²) in [5.74, 6) is 0.110. The van der Waals surface area contributed by atoms with E-state index in [1.165, 1.54) is 6.26 Å². The fourth-order valence-corrected chi connectivity index (χ4v) is 2.88. The van der Waals surface area contributed by atoms with E-state index >= 15 is 0 Å². The number of rotatable bonds is 4. The second-order valence-corrected chi connectivity index (χ2v) is 6.04. The van der Waals surface area contributed by atoms with Gasteiger partial charge in [0.05, 0.1) is 18.5 Å². The van der Waals surface area contributed by atoms with Crippen LogP contribution in [0.3, 0.4) is 0 Å². The maximum absolute atomic E-state index is 12.1. The zero-order valence-electron chi connectivity index (χ0n) is 14.5. The number of carbonyl (C=O) groups excluding carboxylic acids is 1. The van der Waals surface area contributed by atoms with Crippen LogP contribution in [0.25, 0.3) is 6.08 Å². The molecule has 2 aromatic heterocycles. The highest BCUT2D eigenvalue weighted by atomic mass is 16.6. The largest absolute Gasteiger partial charge is 0.459 e. The number of esters is 1. The molecule has 1 aromatic carbocycles. The monoisotopic (exact) mass is 347 g/mol. The number of nitrogens with zero attached hydrogens (tertiary/aromatic N) is 3. The van der Waals surface area contributed by atoms with Crippen LogP contribution in [-0.4, -0.2) is 21.6 Å². The van der Waals surface area contributed by atoms with Crippen molar-refractivity contribution in [2.24, 2.45) is 4.99 Å². The molecule has 0 saturated carbocycles. The number of aliphatic imine (C=N–C) groups is 1. The molecule has 0 spiro atoms. The van der Waals surface area contributed by atoms with Crippen molar-refractivity contribution >= 4 is 17.9 Å². The first-order valence-corrected chi connectivity index (χ1v) is 8.26. The fraction of sp³-hybridized carbons (Fsp3) is 0.150. The highest BCUT2D eigenvalue weighted by Crippen LogP contribution is 2.23. The van der Waals surface area contributed by atoms with Crippen molar-refractivity contribution in [3.63, 3.8) is 0 Å². The van der Waals surface area contributed by atoms with Crippen molar-refractivity contribution in [2.75, 3.05) is 0 Å². The zero-order chi connectivity index (χ0) is 18.1. The van der Waals surface area contributed by atoms with Crippen LogP contribution in [0.2, 0.25) is 0 Å². The van der Waals surface area contributed by atoms with Crippen molar-refractivity contribution < 1.29 is 13.9 Å². The Balaban J connectivity index is 1.66. The lowest BCUT2D eigenvalue weighted by Gasteiger charge is -2.04. The normalized spacial score (nSPS) is 15.4. The van der Waals surface area contributed by atoms with E-state index in [2.05, 4.69) is 22.2 Å². The summed E-state index contributed by atoms with van der Waals surface area (Å²) in [4.78, 5) is 16.4. The van der Waals surface area contributed by atoms with Gasteiger partial charge in [0.1, 0.15) is 0 Å². The zero-order valence-corrected chi connectivity index (χ0v) is 14.5. The number of ether oxygens (including phenoxy) is 1. The predicted octanol–water partition coefficient (Wildman–Crippen LogP) is 3.49. The smallest absolute Gasteiger partial charge is 0.363 e. The van der Waals surface area contributed by atoms with Crippen molar-refractivity contribution in [1.29, 1.82) is 0 Å². The van der Waals surface area contributed by atoms with Crippen LogP contribution >= 0.6 is 0 Å². The molecule has 0 aliphatic carbocycles. The molecule has 0 radical (unpaired) electrons. The molecule has 1 aliphatic rings. The lowest BCUT2D eigenvalue weighted by atomic mass is 10.1. The van der Waals surface area contributed by atoms with Gasteiger partial charge in [0.2, 0.25) is 0 Å². The van der Waals surface area contributed by atoms with E-state index in [4.69, 9.17) is 9.15 Å². The van der Waals surface area contributed by atoms with Gasteiger partial charge in [-0.1, -0.05) is 30.3 Å². The van der Waals surface area contributed by atoms with E-state index < -0.39 is 5.97 Å². The first kappa shape index (κ1) is 16.1. The maximum atomic E-state index is 12.1. The van der Waals surface area contributed by atoms with E-state index in [0.29, 0.717) is 12.3 Å². The summed E-state index contributed by atoms with van der Waals surface area (Å²) in [7, 11) is 0. The Labute approximate surface area is 150 Å². The van der Waals surface area contributed by atoms with Crippen LogP contribution in [0.15, 0.2) is 63.8 Å². The average molecular weight is 347 g/mol. The van der Waals surface area contributed by atoms with Gasteiger partial charge in [0.25, 0.3) is 5.90 Å². The van der Waals surface area contributed by atoms with Crippen LogP contribution in [0.5, 0.6) is 0 Å². The highest BCUT2D eigenvalue weighted by molar-refractivity contribution is 6.11. The molecule has 0 unspecified atom stereocenters. The van der Waals surface area contributed by atoms with Crippen LogP contribution in [-0.2, 0) is 16.1 Å². The Morgan fingerprint density at radius 3 is 2.65 bits per heavy atom. The van der Waals surface area contributed by atoms with Gasteiger partial charge in [0.15, 0.2) is 11.5 Å². The molecule has 0 bridgehead atoms. The Kier molecular flexibility index (Phi) is 4.01. The van der Waals surface area contributed by atoms with Crippen LogP contribution in [0.1, 0.15) is 28.3 Å². The molecule has 6 heteroatoms. The molecule has 3 aromatic rings. The molecular weight excluding hydrogens is 330 g/mol. The molecule has 130 valence electrons. The summed E-state index contributed by atoms with van der Waals surface area (Å²) in [6, 6.07) is 13.5. The second kappa shape index (κ2) is 6.48. The number of hydrogen-bond acceptors (Lipinski definition) is 5. The quantitative estimate of drug-likeness (QED) is 0.535. The molecule has 3 heterocycles. The number of aromatic nitrogens is 2. The SMILES string of the molecule is Cc1nn(Cc2ccccc2)c(C)c1C=C1N=C(c2ccco2)OC1=O. The van der Waals surface area contributed by atoms with Crippen molar-refractivity contribution in [3.8, 4) is 0 Å². The van der Waals surface area contributed by atoms with E-state index in [9.17, 15) is 4.79 Å². The number of carbonyl (C=O) groups is 1. The maximum Gasteiger partial charge on any atom is 0.363 e. The third kappa shape index (κ3) is 2.97. The highest BCUT2D eigenvalue weighted by Gasteiger charge is 2.26. The van der Waals surface area contributed by atoms with Crippen LogP contribution < -0.4 is 0 Å². The van der Waals surface area contributed by atoms with Gasteiger partial charge in [-0.3, -0.25) is 4.68 Å². The van der Waals surface area contributed by atoms with Gasteiger partial charge in [-0.2, -0.15) is 5.10 Å². The Morgan fingerprint density at radius 2 is 1.92 bits per heavy atom. The summed E-state index contributed by atoms with van der Waals surface area (Å²) >= 11 is 0. The van der Waals surface area contributed by atoms with Gasteiger partial charge in [-0.15, -0.1) is 0 Å².